The molecule has 1 N–H and O–H groups in total. The lowest BCUT2D eigenvalue weighted by Crippen LogP contribution is -2.23. The Bertz CT molecular complexity index is 344. The van der Waals surface area contributed by atoms with Crippen molar-refractivity contribution in [2.75, 3.05) is 13.7 Å². The van der Waals surface area contributed by atoms with Crippen LogP contribution < -0.4 is 10.1 Å². The van der Waals surface area contributed by atoms with Gasteiger partial charge in [0.1, 0.15) is 5.75 Å². The summed E-state index contributed by atoms with van der Waals surface area (Å²) in [6, 6.07) is 1.72. The van der Waals surface area contributed by atoms with Gasteiger partial charge in [0.2, 0.25) is 0 Å². The van der Waals surface area contributed by atoms with Crippen molar-refractivity contribution in [2.45, 2.75) is 6.92 Å². The van der Waals surface area contributed by atoms with Crippen molar-refractivity contribution in [3.63, 3.8) is 0 Å². The minimum atomic E-state index is -0.0821. The zero-order valence-electron chi connectivity index (χ0n) is 8.29. The number of carbonyl (C=O) groups is 1. The van der Waals surface area contributed by atoms with E-state index in [4.69, 9.17) is 4.74 Å². The van der Waals surface area contributed by atoms with E-state index in [2.05, 4.69) is 11.9 Å². The van der Waals surface area contributed by atoms with Crippen LogP contribution in [-0.2, 0) is 0 Å². The van der Waals surface area contributed by atoms with Crippen molar-refractivity contribution < 1.29 is 9.53 Å². The fraction of sp³-hybridized carbons (Fsp3) is 0.300. The maximum atomic E-state index is 11.5. The molecule has 0 bridgehead atoms. The summed E-state index contributed by atoms with van der Waals surface area (Å²) in [5.74, 6) is 0.636. The molecule has 3 nitrogen and oxygen atoms in total. The molecule has 0 radical (unpaired) electrons. The lowest BCUT2D eigenvalue weighted by atomic mass is 10.3. The molecule has 0 unspecified atom stereocenters. The number of nitrogens with one attached hydrogen (secondary N) is 1. The first kappa shape index (κ1) is 10.8. The summed E-state index contributed by atoms with van der Waals surface area (Å²) in [5, 5.41) is 4.55. The first-order valence-electron chi connectivity index (χ1n) is 4.18. The quantitative estimate of drug-likeness (QED) is 0.774. The third-order valence-corrected chi connectivity index (χ3v) is 2.49. The normalized spacial score (nSPS) is 9.57. The minimum absolute atomic E-state index is 0.0821. The van der Waals surface area contributed by atoms with E-state index in [9.17, 15) is 4.79 Å². The standard InChI is InChI=1S/C10H13NO2S/c1-7(2)5-11-10(12)9-4-8(13-3)6-14-9/h4,6H,1,5H2,2-3H3,(H,11,12). The van der Waals surface area contributed by atoms with E-state index in [1.807, 2.05) is 6.92 Å². The van der Waals surface area contributed by atoms with Crippen LogP contribution in [0.1, 0.15) is 16.6 Å². The van der Waals surface area contributed by atoms with Crippen LogP contribution in [0.4, 0.5) is 0 Å². The lowest BCUT2D eigenvalue weighted by Gasteiger charge is -2.01. The van der Waals surface area contributed by atoms with Crippen LogP contribution in [0.25, 0.3) is 0 Å². The van der Waals surface area contributed by atoms with Gasteiger partial charge in [-0.3, -0.25) is 4.79 Å². The first-order chi connectivity index (χ1) is 6.63. The van der Waals surface area contributed by atoms with Crippen LogP contribution in [0.3, 0.4) is 0 Å². The van der Waals surface area contributed by atoms with E-state index in [0.29, 0.717) is 11.4 Å². The molecule has 1 aromatic heterocycles. The summed E-state index contributed by atoms with van der Waals surface area (Å²) in [6.07, 6.45) is 0. The SMILES string of the molecule is C=C(C)CNC(=O)c1cc(OC)cs1. The van der Waals surface area contributed by atoms with E-state index in [-0.39, 0.29) is 5.91 Å². The zero-order valence-corrected chi connectivity index (χ0v) is 9.11. The summed E-state index contributed by atoms with van der Waals surface area (Å²) in [4.78, 5) is 12.1. The molecule has 1 rings (SSSR count). The van der Waals surface area contributed by atoms with Gasteiger partial charge in [-0.15, -0.1) is 11.3 Å². The maximum Gasteiger partial charge on any atom is 0.261 e. The van der Waals surface area contributed by atoms with Crippen LogP contribution in [0.15, 0.2) is 23.6 Å². The van der Waals surface area contributed by atoms with Gasteiger partial charge in [0.05, 0.1) is 12.0 Å². The van der Waals surface area contributed by atoms with Crippen molar-refractivity contribution in [1.82, 2.24) is 5.32 Å². The van der Waals surface area contributed by atoms with Crippen molar-refractivity contribution >= 4 is 17.2 Å². The van der Waals surface area contributed by atoms with Crippen LogP contribution in [-0.4, -0.2) is 19.6 Å². The number of carbonyl (C=O) groups excluding carboxylic acids is 1. The Balaban J connectivity index is 2.56. The van der Waals surface area contributed by atoms with Crippen molar-refractivity contribution in [2.24, 2.45) is 0 Å². The largest absolute Gasteiger partial charge is 0.496 e. The van der Waals surface area contributed by atoms with Gasteiger partial charge in [-0.2, -0.15) is 0 Å². The Morgan fingerprint density at radius 1 is 1.71 bits per heavy atom. The van der Waals surface area contributed by atoms with Crippen molar-refractivity contribution in [3.8, 4) is 5.75 Å². The van der Waals surface area contributed by atoms with E-state index >= 15 is 0 Å². The highest BCUT2D eigenvalue weighted by Crippen LogP contribution is 2.20. The van der Waals surface area contributed by atoms with E-state index < -0.39 is 0 Å². The van der Waals surface area contributed by atoms with Gasteiger partial charge < -0.3 is 10.1 Å². The highest BCUT2D eigenvalue weighted by molar-refractivity contribution is 7.12. The van der Waals surface area contributed by atoms with Gasteiger partial charge in [-0.1, -0.05) is 12.2 Å². The van der Waals surface area contributed by atoms with E-state index in [0.717, 1.165) is 11.3 Å². The Labute approximate surface area is 87.4 Å². The highest BCUT2D eigenvalue weighted by atomic mass is 32.1. The highest BCUT2D eigenvalue weighted by Gasteiger charge is 2.08. The molecule has 76 valence electrons. The fourth-order valence-electron chi connectivity index (χ4n) is 0.863. The van der Waals surface area contributed by atoms with E-state index in [1.165, 1.54) is 11.3 Å². The second kappa shape index (κ2) is 4.81. The molecule has 1 amide bonds. The summed E-state index contributed by atoms with van der Waals surface area (Å²) in [7, 11) is 1.58. The Kier molecular flexibility index (Phi) is 3.71. The topological polar surface area (TPSA) is 38.3 Å². The van der Waals surface area contributed by atoms with Crippen LogP contribution in [0, 0.1) is 0 Å². The molecule has 1 aromatic rings. The monoisotopic (exact) mass is 211 g/mol. The molecular weight excluding hydrogens is 198 g/mol. The van der Waals surface area contributed by atoms with Crippen LogP contribution in [0.5, 0.6) is 5.75 Å². The second-order valence-corrected chi connectivity index (χ2v) is 3.90. The molecule has 0 aliphatic rings. The molecule has 0 aromatic carbocycles. The maximum absolute atomic E-state index is 11.5. The number of hydrogen-bond acceptors (Lipinski definition) is 3. The summed E-state index contributed by atoms with van der Waals surface area (Å²) >= 11 is 1.37. The van der Waals surface area contributed by atoms with Crippen LogP contribution in [0.2, 0.25) is 0 Å². The molecule has 4 heteroatoms. The molecule has 0 saturated heterocycles. The molecule has 0 fully saturated rings. The molecule has 0 spiro atoms. The van der Waals surface area contributed by atoms with Gasteiger partial charge >= 0.3 is 0 Å². The fourth-order valence-corrected chi connectivity index (χ4v) is 1.63. The Hall–Kier alpha value is -1.29. The predicted octanol–water partition coefficient (Wildman–Crippen LogP) is 2.06. The average Bonchev–Trinajstić information content (AvgIpc) is 2.62. The number of hydrogen-bond donors (Lipinski definition) is 1. The molecule has 1 heterocycles. The van der Waals surface area contributed by atoms with Gasteiger partial charge in [0.15, 0.2) is 0 Å². The number of methoxy groups -OCH3 is 1. The molecular formula is C10H13NO2S. The van der Waals surface area contributed by atoms with Gasteiger partial charge in [0, 0.05) is 18.0 Å². The summed E-state index contributed by atoms with van der Waals surface area (Å²) < 4.78 is 4.98. The number of amides is 1. The van der Waals surface area contributed by atoms with Gasteiger partial charge in [-0.05, 0) is 6.92 Å². The third-order valence-electron chi connectivity index (χ3n) is 1.59. The van der Waals surface area contributed by atoms with Crippen molar-refractivity contribution in [3.05, 3.63) is 28.5 Å². The van der Waals surface area contributed by atoms with E-state index in [1.54, 1.807) is 18.6 Å². The third kappa shape index (κ3) is 2.88. The van der Waals surface area contributed by atoms with Gasteiger partial charge in [-0.25, -0.2) is 0 Å². The smallest absolute Gasteiger partial charge is 0.261 e. The number of thiophene rings is 1. The molecule has 0 saturated carbocycles. The Morgan fingerprint density at radius 2 is 2.43 bits per heavy atom. The second-order valence-electron chi connectivity index (χ2n) is 2.99. The Morgan fingerprint density at radius 3 is 2.93 bits per heavy atom. The number of ether oxygens (including phenoxy) is 1. The van der Waals surface area contributed by atoms with Crippen molar-refractivity contribution in [1.29, 1.82) is 0 Å². The lowest BCUT2D eigenvalue weighted by molar-refractivity contribution is 0.0961. The molecule has 0 aliphatic carbocycles. The summed E-state index contributed by atoms with van der Waals surface area (Å²) in [6.45, 7) is 6.09. The molecule has 14 heavy (non-hydrogen) atoms. The predicted molar refractivity (Wildman–Crippen MR) is 58.0 cm³/mol. The average molecular weight is 211 g/mol. The first-order valence-corrected chi connectivity index (χ1v) is 5.06. The van der Waals surface area contributed by atoms with Crippen LogP contribution >= 0.6 is 11.3 Å². The molecule has 0 atom stereocenters. The molecule has 0 aliphatic heterocycles. The zero-order chi connectivity index (χ0) is 10.6. The summed E-state index contributed by atoms with van der Waals surface area (Å²) in [5.41, 5.74) is 0.932. The minimum Gasteiger partial charge on any atom is -0.496 e. The number of rotatable bonds is 4. The van der Waals surface area contributed by atoms with Gasteiger partial charge in [0.25, 0.3) is 5.91 Å².